The lowest BCUT2D eigenvalue weighted by Crippen LogP contribution is -2.45. The molecule has 1 aliphatic rings. The predicted molar refractivity (Wildman–Crippen MR) is 81.2 cm³/mol. The summed E-state index contributed by atoms with van der Waals surface area (Å²) in [6, 6.07) is 6.93. The lowest BCUT2D eigenvalue weighted by atomic mass is 9.99. The highest BCUT2D eigenvalue weighted by atomic mass is 35.5. The van der Waals surface area contributed by atoms with Crippen LogP contribution in [-0.4, -0.2) is 37.3 Å². The Morgan fingerprint density at radius 1 is 1.24 bits per heavy atom. The number of hydrogen-bond donors (Lipinski definition) is 1. The van der Waals surface area contributed by atoms with E-state index in [0.29, 0.717) is 5.02 Å². The fraction of sp³-hybridized carbons (Fsp3) is 0.571. The van der Waals surface area contributed by atoms with E-state index in [-0.39, 0.29) is 24.9 Å². The van der Waals surface area contributed by atoms with Crippen LogP contribution < -0.4 is 5.32 Å². The second kappa shape index (κ2) is 8.22. The molecular formula is C14H19Cl2F3N2. The van der Waals surface area contributed by atoms with Crippen LogP contribution in [0.1, 0.15) is 24.4 Å². The van der Waals surface area contributed by atoms with Gasteiger partial charge in [0.1, 0.15) is 0 Å². The molecule has 1 atom stereocenters. The van der Waals surface area contributed by atoms with Gasteiger partial charge in [-0.05, 0) is 24.1 Å². The van der Waals surface area contributed by atoms with Gasteiger partial charge in [0.05, 0.1) is 0 Å². The van der Waals surface area contributed by atoms with E-state index in [4.69, 9.17) is 11.6 Å². The summed E-state index contributed by atoms with van der Waals surface area (Å²) in [5.41, 5.74) is 0.864. The molecule has 1 saturated heterocycles. The van der Waals surface area contributed by atoms with Crippen molar-refractivity contribution in [3.05, 3.63) is 34.9 Å². The maximum atomic E-state index is 12.5. The molecular weight excluding hydrogens is 324 g/mol. The van der Waals surface area contributed by atoms with E-state index in [1.807, 2.05) is 6.07 Å². The lowest BCUT2D eigenvalue weighted by molar-refractivity contribution is -0.138. The molecule has 21 heavy (non-hydrogen) atoms. The van der Waals surface area contributed by atoms with Crippen molar-refractivity contribution in [1.29, 1.82) is 0 Å². The quantitative estimate of drug-likeness (QED) is 0.887. The SMILES string of the molecule is Cl.FC(F)(F)CC[C@H](c1cccc(Cl)c1)N1CCNCC1. The van der Waals surface area contributed by atoms with Gasteiger partial charge < -0.3 is 5.32 Å². The van der Waals surface area contributed by atoms with Gasteiger partial charge in [0.25, 0.3) is 0 Å². The molecule has 0 spiro atoms. The lowest BCUT2D eigenvalue weighted by Gasteiger charge is -2.35. The Morgan fingerprint density at radius 2 is 1.90 bits per heavy atom. The highest BCUT2D eigenvalue weighted by Crippen LogP contribution is 2.32. The van der Waals surface area contributed by atoms with Gasteiger partial charge in [0.2, 0.25) is 0 Å². The molecule has 1 fully saturated rings. The Kier molecular flexibility index (Phi) is 7.27. The zero-order valence-corrected chi connectivity index (χ0v) is 13.1. The average Bonchev–Trinajstić information content (AvgIpc) is 2.39. The van der Waals surface area contributed by atoms with Crippen LogP contribution in [0.5, 0.6) is 0 Å². The monoisotopic (exact) mass is 342 g/mol. The number of hydrogen-bond acceptors (Lipinski definition) is 2. The minimum absolute atomic E-state index is 0. The van der Waals surface area contributed by atoms with Gasteiger partial charge in [-0.2, -0.15) is 13.2 Å². The highest BCUT2D eigenvalue weighted by Gasteiger charge is 2.31. The van der Waals surface area contributed by atoms with Crippen molar-refractivity contribution in [1.82, 2.24) is 10.2 Å². The van der Waals surface area contributed by atoms with Gasteiger partial charge in [-0.25, -0.2) is 0 Å². The van der Waals surface area contributed by atoms with Crippen LogP contribution >= 0.6 is 24.0 Å². The van der Waals surface area contributed by atoms with E-state index in [2.05, 4.69) is 10.2 Å². The number of nitrogens with one attached hydrogen (secondary N) is 1. The number of benzene rings is 1. The average molecular weight is 343 g/mol. The molecule has 0 radical (unpaired) electrons. The molecule has 1 aromatic rings. The first-order valence-electron chi connectivity index (χ1n) is 6.73. The Hall–Kier alpha value is -0.490. The molecule has 1 aromatic carbocycles. The van der Waals surface area contributed by atoms with Crippen LogP contribution in [0.15, 0.2) is 24.3 Å². The largest absolute Gasteiger partial charge is 0.389 e. The topological polar surface area (TPSA) is 15.3 Å². The molecule has 2 nitrogen and oxygen atoms in total. The third-order valence-corrected chi connectivity index (χ3v) is 3.76. The summed E-state index contributed by atoms with van der Waals surface area (Å²) in [5.74, 6) is 0. The second-order valence-electron chi connectivity index (χ2n) is 5.01. The van der Waals surface area contributed by atoms with Crippen molar-refractivity contribution >= 4 is 24.0 Å². The number of piperazine rings is 1. The van der Waals surface area contributed by atoms with E-state index in [1.54, 1.807) is 18.2 Å². The first kappa shape index (κ1) is 18.6. The molecule has 0 bridgehead atoms. The zero-order valence-electron chi connectivity index (χ0n) is 11.5. The van der Waals surface area contributed by atoms with Crippen molar-refractivity contribution in [2.75, 3.05) is 26.2 Å². The third kappa shape index (κ3) is 6.02. The Bertz CT molecular complexity index is 434. The van der Waals surface area contributed by atoms with Gasteiger partial charge in [-0.1, -0.05) is 23.7 Å². The molecule has 7 heteroatoms. The van der Waals surface area contributed by atoms with E-state index >= 15 is 0 Å². The molecule has 1 N–H and O–H groups in total. The normalized spacial score (nSPS) is 18.1. The van der Waals surface area contributed by atoms with Crippen molar-refractivity contribution in [3.63, 3.8) is 0 Å². The van der Waals surface area contributed by atoms with E-state index in [1.165, 1.54) is 0 Å². The predicted octanol–water partition coefficient (Wildman–Crippen LogP) is 4.05. The van der Waals surface area contributed by atoms with E-state index in [9.17, 15) is 13.2 Å². The van der Waals surface area contributed by atoms with Crippen LogP contribution in [0.4, 0.5) is 13.2 Å². The summed E-state index contributed by atoms with van der Waals surface area (Å²) in [5, 5.41) is 3.78. The van der Waals surface area contributed by atoms with Crippen molar-refractivity contribution in [2.24, 2.45) is 0 Å². The highest BCUT2D eigenvalue weighted by molar-refractivity contribution is 6.30. The smallest absolute Gasteiger partial charge is 0.314 e. The molecule has 120 valence electrons. The van der Waals surface area contributed by atoms with Crippen molar-refractivity contribution in [3.8, 4) is 0 Å². The number of nitrogens with zero attached hydrogens (tertiary/aromatic N) is 1. The van der Waals surface area contributed by atoms with Gasteiger partial charge in [0, 0.05) is 43.7 Å². The van der Waals surface area contributed by atoms with Gasteiger partial charge in [-0.3, -0.25) is 4.90 Å². The van der Waals surface area contributed by atoms with Crippen molar-refractivity contribution in [2.45, 2.75) is 25.1 Å². The number of rotatable bonds is 4. The van der Waals surface area contributed by atoms with Crippen LogP contribution in [-0.2, 0) is 0 Å². The molecule has 1 aliphatic heterocycles. The molecule has 0 saturated carbocycles. The van der Waals surface area contributed by atoms with E-state index in [0.717, 1.165) is 31.7 Å². The molecule has 2 rings (SSSR count). The van der Waals surface area contributed by atoms with Crippen LogP contribution in [0, 0.1) is 0 Å². The first-order chi connectivity index (χ1) is 9.46. The molecule has 0 unspecified atom stereocenters. The minimum Gasteiger partial charge on any atom is -0.314 e. The summed E-state index contributed by atoms with van der Waals surface area (Å²) in [7, 11) is 0. The number of alkyl halides is 3. The summed E-state index contributed by atoms with van der Waals surface area (Å²) >= 11 is 5.96. The zero-order chi connectivity index (χ0) is 14.6. The summed E-state index contributed by atoms with van der Waals surface area (Å²) < 4.78 is 37.6. The van der Waals surface area contributed by atoms with Gasteiger partial charge in [0.15, 0.2) is 0 Å². The fourth-order valence-corrected chi connectivity index (χ4v) is 2.77. The fourth-order valence-electron chi connectivity index (χ4n) is 2.57. The maximum Gasteiger partial charge on any atom is 0.389 e. The number of halogens is 5. The molecule has 0 aromatic heterocycles. The van der Waals surface area contributed by atoms with E-state index < -0.39 is 12.6 Å². The Labute approximate surface area is 134 Å². The van der Waals surface area contributed by atoms with Gasteiger partial charge >= 0.3 is 6.18 Å². The summed E-state index contributed by atoms with van der Waals surface area (Å²) in [4.78, 5) is 2.11. The minimum atomic E-state index is -4.12. The molecule has 0 aliphatic carbocycles. The maximum absolute atomic E-state index is 12.5. The van der Waals surface area contributed by atoms with Gasteiger partial charge in [-0.15, -0.1) is 12.4 Å². The van der Waals surface area contributed by atoms with Crippen molar-refractivity contribution < 1.29 is 13.2 Å². The molecule has 1 heterocycles. The summed E-state index contributed by atoms with van der Waals surface area (Å²) in [6.07, 6.45) is -4.82. The van der Waals surface area contributed by atoms with Crippen LogP contribution in [0.25, 0.3) is 0 Å². The first-order valence-corrected chi connectivity index (χ1v) is 7.10. The van der Waals surface area contributed by atoms with Crippen LogP contribution in [0.3, 0.4) is 0 Å². The molecule has 0 amide bonds. The second-order valence-corrected chi connectivity index (χ2v) is 5.45. The Morgan fingerprint density at radius 3 is 2.48 bits per heavy atom. The Balaban J connectivity index is 0.00000220. The standard InChI is InChI=1S/C14H18ClF3N2.ClH/c15-12-3-1-2-11(10-12)13(4-5-14(16,17)18)20-8-6-19-7-9-20;/h1-3,10,13,19H,4-9H2;1H/t13-;/m1./s1. The summed E-state index contributed by atoms with van der Waals surface area (Å²) in [6.45, 7) is 3.14. The third-order valence-electron chi connectivity index (χ3n) is 3.53. The van der Waals surface area contributed by atoms with Crippen LogP contribution in [0.2, 0.25) is 5.02 Å².